The predicted octanol–water partition coefficient (Wildman–Crippen LogP) is 3.03. The summed E-state index contributed by atoms with van der Waals surface area (Å²) in [5, 5.41) is 4.69. The van der Waals surface area contributed by atoms with Gasteiger partial charge < -0.3 is 24.8 Å². The number of ether oxygens (including phenoxy) is 3. The summed E-state index contributed by atoms with van der Waals surface area (Å²) in [5.74, 6) is -2.62. The molecule has 0 radical (unpaired) electrons. The third-order valence-electron chi connectivity index (χ3n) is 7.70. The van der Waals surface area contributed by atoms with Crippen molar-refractivity contribution in [3.8, 4) is 0 Å². The third kappa shape index (κ3) is 8.67. The summed E-state index contributed by atoms with van der Waals surface area (Å²) in [6.45, 7) is 5.96. The van der Waals surface area contributed by atoms with Gasteiger partial charge in [0.1, 0.15) is 12.1 Å². The molecule has 4 rings (SSSR count). The molecule has 1 saturated heterocycles. The average Bonchev–Trinajstić information content (AvgIpc) is 3.00. The van der Waals surface area contributed by atoms with E-state index in [-0.39, 0.29) is 12.8 Å². The van der Waals surface area contributed by atoms with Crippen molar-refractivity contribution >= 4 is 41.0 Å². The molecular formula is C31H39Cl2N3O6. The van der Waals surface area contributed by atoms with Crippen molar-refractivity contribution in [3.63, 3.8) is 0 Å². The molecule has 0 spiro atoms. The number of piperazine rings is 1. The monoisotopic (exact) mass is 619 g/mol. The van der Waals surface area contributed by atoms with E-state index in [9.17, 15) is 14.4 Å². The van der Waals surface area contributed by atoms with Gasteiger partial charge in [-0.25, -0.2) is 9.59 Å². The normalized spacial score (nSPS) is 27.0. The molecule has 1 heterocycles. The van der Waals surface area contributed by atoms with Crippen molar-refractivity contribution in [1.29, 1.82) is 0 Å². The number of carbonyl (C=O) groups excluding carboxylic acids is 3. The van der Waals surface area contributed by atoms with E-state index in [1.165, 1.54) is 7.11 Å². The number of hydrogen-bond acceptors (Lipinski definition) is 8. The lowest BCUT2D eigenvalue weighted by molar-refractivity contribution is -0.147. The Morgan fingerprint density at radius 1 is 1.05 bits per heavy atom. The largest absolute Gasteiger partial charge is 0.467 e. The van der Waals surface area contributed by atoms with Crippen LogP contribution >= 0.6 is 23.2 Å². The summed E-state index contributed by atoms with van der Waals surface area (Å²) in [6.07, 6.45) is -1.34. The molecule has 0 aromatic heterocycles. The zero-order chi connectivity index (χ0) is 30.1. The number of nitrogens with one attached hydrogen (secondary N) is 2. The molecule has 1 aliphatic heterocycles. The highest BCUT2D eigenvalue weighted by molar-refractivity contribution is 6.25. The number of esters is 2. The molecule has 7 atom stereocenters. The minimum atomic E-state index is -1.05. The summed E-state index contributed by atoms with van der Waals surface area (Å²) < 4.78 is 17.0. The van der Waals surface area contributed by atoms with Crippen LogP contribution in [-0.2, 0) is 30.2 Å². The minimum absolute atomic E-state index is 0.137. The molecule has 2 N–H and O–H groups in total. The van der Waals surface area contributed by atoms with Crippen molar-refractivity contribution in [2.24, 2.45) is 5.92 Å². The lowest BCUT2D eigenvalue weighted by Crippen LogP contribution is -2.58. The molecule has 1 saturated carbocycles. The number of benzene rings is 2. The van der Waals surface area contributed by atoms with Gasteiger partial charge in [-0.15, -0.1) is 23.2 Å². The number of carbonyl (C=O) groups is 3. The number of amides is 1. The fraction of sp³-hybridized carbons (Fsp3) is 0.516. The standard InChI is InChI=1S/C31H39Cl2N3O6/c1-20-19-36(14-13-34-20)15-16-41-28-24(32)18-23(27(26(28)33)42-30(38)22-11-7-4-8-12-22)29(37)35-25(31(39)40-2)17-21-9-5-3-6-10-21/h3-12,20,23-28,34H,13-19H2,1-2H3,(H,35,37)/t20-,23?,24?,25+,26?,27?,28?/m1/s1. The van der Waals surface area contributed by atoms with Gasteiger partial charge in [0.15, 0.2) is 0 Å². The maximum atomic E-state index is 13.7. The van der Waals surface area contributed by atoms with Crippen LogP contribution < -0.4 is 10.6 Å². The molecule has 11 heteroatoms. The van der Waals surface area contributed by atoms with Gasteiger partial charge in [0, 0.05) is 38.6 Å². The second-order valence-electron chi connectivity index (χ2n) is 10.8. The van der Waals surface area contributed by atoms with Crippen LogP contribution in [0.1, 0.15) is 29.3 Å². The number of nitrogens with zero attached hydrogens (tertiary/aromatic N) is 1. The number of rotatable bonds is 11. The molecule has 9 nitrogen and oxygen atoms in total. The molecule has 228 valence electrons. The summed E-state index contributed by atoms with van der Waals surface area (Å²) >= 11 is 13.7. The maximum absolute atomic E-state index is 13.7. The first-order chi connectivity index (χ1) is 20.3. The number of halogens is 2. The van der Waals surface area contributed by atoms with Gasteiger partial charge in [-0.05, 0) is 31.0 Å². The van der Waals surface area contributed by atoms with Gasteiger partial charge in [0.25, 0.3) is 0 Å². The van der Waals surface area contributed by atoms with Crippen molar-refractivity contribution in [2.75, 3.05) is 39.9 Å². The Hall–Kier alpha value is -2.69. The van der Waals surface area contributed by atoms with E-state index in [1.807, 2.05) is 30.3 Å². The van der Waals surface area contributed by atoms with Gasteiger partial charge in [-0.3, -0.25) is 9.69 Å². The second-order valence-corrected chi connectivity index (χ2v) is 11.9. The number of hydrogen-bond donors (Lipinski definition) is 2. The van der Waals surface area contributed by atoms with Gasteiger partial charge >= 0.3 is 11.9 Å². The highest BCUT2D eigenvalue weighted by atomic mass is 35.5. The maximum Gasteiger partial charge on any atom is 0.338 e. The fourth-order valence-electron chi connectivity index (χ4n) is 5.48. The van der Waals surface area contributed by atoms with Crippen molar-refractivity contribution < 1.29 is 28.6 Å². The molecule has 2 fully saturated rings. The number of methoxy groups -OCH3 is 1. The second kappa shape index (κ2) is 15.7. The lowest BCUT2D eigenvalue weighted by atomic mass is 9.82. The first-order valence-corrected chi connectivity index (χ1v) is 15.2. The van der Waals surface area contributed by atoms with E-state index in [0.29, 0.717) is 24.8 Å². The molecule has 0 bridgehead atoms. The summed E-state index contributed by atoms with van der Waals surface area (Å²) in [4.78, 5) is 41.8. The zero-order valence-corrected chi connectivity index (χ0v) is 25.4. The van der Waals surface area contributed by atoms with Crippen molar-refractivity contribution in [3.05, 3.63) is 71.8 Å². The first kappa shape index (κ1) is 32.2. The smallest absolute Gasteiger partial charge is 0.338 e. The number of alkyl halides is 2. The third-order valence-corrected chi connectivity index (χ3v) is 8.63. The van der Waals surface area contributed by atoms with Gasteiger partial charge in [-0.1, -0.05) is 48.5 Å². The van der Waals surface area contributed by atoms with Crippen LogP contribution in [0.2, 0.25) is 0 Å². The lowest BCUT2D eigenvalue weighted by Gasteiger charge is -2.41. The highest BCUT2D eigenvalue weighted by Crippen LogP contribution is 2.37. The summed E-state index contributed by atoms with van der Waals surface area (Å²) in [7, 11) is 1.27. The van der Waals surface area contributed by atoms with Crippen molar-refractivity contribution in [2.45, 2.75) is 54.8 Å². The van der Waals surface area contributed by atoms with Crippen molar-refractivity contribution in [1.82, 2.24) is 15.5 Å². The Morgan fingerprint density at radius 2 is 1.74 bits per heavy atom. The topological polar surface area (TPSA) is 106 Å². The van der Waals surface area contributed by atoms with Crippen LogP contribution in [0.15, 0.2) is 60.7 Å². The average molecular weight is 621 g/mol. The Balaban J connectivity index is 1.49. The Bertz CT molecular complexity index is 1170. The summed E-state index contributed by atoms with van der Waals surface area (Å²) in [6, 6.07) is 17.2. The molecule has 2 aromatic carbocycles. The van der Waals surface area contributed by atoms with Crippen LogP contribution in [0.4, 0.5) is 0 Å². The highest BCUT2D eigenvalue weighted by Gasteiger charge is 2.49. The molecule has 42 heavy (non-hydrogen) atoms. The van der Waals surface area contributed by atoms with E-state index in [1.54, 1.807) is 30.3 Å². The summed E-state index contributed by atoms with van der Waals surface area (Å²) in [5.41, 5.74) is 1.18. The quantitative estimate of drug-likeness (QED) is 0.292. The van der Waals surface area contributed by atoms with Crippen LogP contribution in [-0.4, -0.2) is 97.7 Å². The van der Waals surface area contributed by atoms with Gasteiger partial charge in [0.05, 0.1) is 42.1 Å². The van der Waals surface area contributed by atoms with E-state index < -0.39 is 52.8 Å². The Labute approximate surface area is 257 Å². The SMILES string of the molecule is COC(=O)[C@H](Cc1ccccc1)NC(=O)C1CC(Cl)C(OCCN2CCN[C@H](C)C2)C(Cl)C1OC(=O)c1ccccc1. The van der Waals surface area contributed by atoms with Crippen LogP contribution in [0, 0.1) is 5.92 Å². The van der Waals surface area contributed by atoms with Crippen LogP contribution in [0.25, 0.3) is 0 Å². The van der Waals surface area contributed by atoms with Crippen LogP contribution in [0.3, 0.4) is 0 Å². The molecule has 5 unspecified atom stereocenters. The molecule has 1 aliphatic carbocycles. The van der Waals surface area contributed by atoms with E-state index in [0.717, 1.165) is 25.2 Å². The Morgan fingerprint density at radius 3 is 2.40 bits per heavy atom. The molecular weight excluding hydrogens is 581 g/mol. The minimum Gasteiger partial charge on any atom is -0.467 e. The van der Waals surface area contributed by atoms with E-state index in [4.69, 9.17) is 37.4 Å². The Kier molecular flexibility index (Phi) is 12.0. The molecule has 1 amide bonds. The zero-order valence-electron chi connectivity index (χ0n) is 23.9. The first-order valence-electron chi connectivity index (χ1n) is 14.3. The van der Waals surface area contributed by atoms with E-state index in [2.05, 4.69) is 22.5 Å². The van der Waals surface area contributed by atoms with Gasteiger partial charge in [-0.2, -0.15) is 0 Å². The molecule has 2 aromatic rings. The van der Waals surface area contributed by atoms with Gasteiger partial charge in [0.2, 0.25) is 5.91 Å². The van der Waals surface area contributed by atoms with Crippen LogP contribution in [0.5, 0.6) is 0 Å². The predicted molar refractivity (Wildman–Crippen MR) is 161 cm³/mol. The van der Waals surface area contributed by atoms with E-state index >= 15 is 0 Å². The fourth-order valence-corrected chi connectivity index (χ4v) is 6.45. The molecule has 2 aliphatic rings.